The maximum atomic E-state index is 11.2. The van der Waals surface area contributed by atoms with Gasteiger partial charge in [0.2, 0.25) is 17.7 Å². The molecule has 2 heterocycles. The van der Waals surface area contributed by atoms with Crippen molar-refractivity contribution in [2.45, 2.75) is 32.6 Å². The number of rotatable bonds is 1. The number of hydrogen-bond donors (Lipinski definition) is 0. The minimum absolute atomic E-state index is 0. The van der Waals surface area contributed by atoms with Crippen LogP contribution in [0.15, 0.2) is 4.42 Å². The Hall–Kier alpha value is -0.960. The molecule has 1 aliphatic rings. The number of nitrogens with zero attached hydrogens (tertiary/aromatic N) is 3. The first kappa shape index (κ1) is 13.1. The van der Waals surface area contributed by atoms with Gasteiger partial charge in [-0.3, -0.25) is 4.79 Å². The van der Waals surface area contributed by atoms with Crippen molar-refractivity contribution in [1.82, 2.24) is 15.1 Å². The molecule has 0 saturated carbocycles. The summed E-state index contributed by atoms with van der Waals surface area (Å²) in [5, 5.41) is 7.82. The molecule has 0 aliphatic carbocycles. The van der Waals surface area contributed by atoms with Crippen LogP contribution in [-0.4, -0.2) is 34.1 Å². The van der Waals surface area contributed by atoms with Gasteiger partial charge in [-0.1, -0.05) is 0 Å². The Balaban J connectivity index is 0.00000128. The van der Waals surface area contributed by atoms with E-state index in [-0.39, 0.29) is 21.7 Å². The minimum Gasteiger partial charge on any atom is -0.425 e. The molecule has 0 bridgehead atoms. The molecule has 0 N–H and O–H groups in total. The summed E-state index contributed by atoms with van der Waals surface area (Å²) in [5.74, 6) is 1.59. The van der Waals surface area contributed by atoms with Gasteiger partial charge in [0, 0.05) is 26.9 Å². The van der Waals surface area contributed by atoms with Gasteiger partial charge in [-0.2, -0.15) is 9.90 Å². The fraction of sp³-hybridized carbons (Fsp3) is 0.700. The van der Waals surface area contributed by atoms with Crippen LogP contribution < -0.4 is 0 Å². The fourth-order valence-electron chi connectivity index (χ4n) is 1.94. The molecule has 5 nitrogen and oxygen atoms in total. The van der Waals surface area contributed by atoms with Crippen LogP contribution in [0.4, 0.5) is 0 Å². The number of likely N-dealkylation sites (tertiary alicyclic amines) is 1. The van der Waals surface area contributed by atoms with Gasteiger partial charge in [-0.15, -0.1) is 10.2 Å². The lowest BCUT2D eigenvalue weighted by Crippen LogP contribution is -2.37. The van der Waals surface area contributed by atoms with E-state index in [1.807, 2.05) is 4.90 Å². The average Bonchev–Trinajstić information content (AvgIpc) is 2.65. The van der Waals surface area contributed by atoms with Gasteiger partial charge in [0.1, 0.15) is 0 Å². The van der Waals surface area contributed by atoms with Crippen LogP contribution in [-0.2, 0) is 4.79 Å². The predicted molar refractivity (Wildman–Crippen MR) is 64.4 cm³/mol. The standard InChI is InChI=1S/C10H15N3O2.H3P/c1-7-11-12-10(15-7)9-4-3-5-13(6-9)8(2)14;/h9H,3-6H2,1-2H3;1H3. The first-order valence-corrected chi connectivity index (χ1v) is 5.22. The smallest absolute Gasteiger partial charge is 0.221 e. The number of carbonyl (C=O) groups excluding carboxylic acids is 1. The van der Waals surface area contributed by atoms with Crippen LogP contribution in [0.25, 0.3) is 0 Å². The Morgan fingerprint density at radius 1 is 1.50 bits per heavy atom. The quantitative estimate of drug-likeness (QED) is 0.694. The molecule has 1 aromatic heterocycles. The van der Waals surface area contributed by atoms with Gasteiger partial charge in [0.15, 0.2) is 0 Å². The number of amides is 1. The highest BCUT2D eigenvalue weighted by atomic mass is 31.0. The van der Waals surface area contributed by atoms with Crippen LogP contribution in [0.1, 0.15) is 37.5 Å². The summed E-state index contributed by atoms with van der Waals surface area (Å²) in [6.07, 6.45) is 2.02. The second-order valence-electron chi connectivity index (χ2n) is 3.96. The second kappa shape index (κ2) is 5.39. The number of aromatic nitrogens is 2. The monoisotopic (exact) mass is 243 g/mol. The first-order chi connectivity index (χ1) is 7.16. The molecule has 16 heavy (non-hydrogen) atoms. The zero-order valence-electron chi connectivity index (χ0n) is 9.77. The molecule has 2 unspecified atom stereocenters. The minimum atomic E-state index is 0. The zero-order chi connectivity index (χ0) is 10.8. The van der Waals surface area contributed by atoms with Gasteiger partial charge in [0.05, 0.1) is 5.92 Å². The summed E-state index contributed by atoms with van der Waals surface area (Å²) in [7, 11) is 0. The summed E-state index contributed by atoms with van der Waals surface area (Å²) in [6.45, 7) is 4.93. The van der Waals surface area contributed by atoms with E-state index in [1.54, 1.807) is 13.8 Å². The van der Waals surface area contributed by atoms with E-state index in [0.717, 1.165) is 19.4 Å². The Labute approximate surface area is 98.2 Å². The molecule has 6 heteroatoms. The van der Waals surface area contributed by atoms with Gasteiger partial charge in [-0.05, 0) is 12.8 Å². The lowest BCUT2D eigenvalue weighted by atomic mass is 9.98. The average molecular weight is 243 g/mol. The van der Waals surface area contributed by atoms with Crippen LogP contribution in [0.2, 0.25) is 0 Å². The molecule has 1 saturated heterocycles. The summed E-state index contributed by atoms with van der Waals surface area (Å²) >= 11 is 0. The molecule has 1 amide bonds. The normalized spacial score (nSPS) is 20.4. The highest BCUT2D eigenvalue weighted by Gasteiger charge is 2.26. The van der Waals surface area contributed by atoms with Crippen molar-refractivity contribution in [3.63, 3.8) is 0 Å². The largest absolute Gasteiger partial charge is 0.425 e. The van der Waals surface area contributed by atoms with E-state index in [2.05, 4.69) is 10.2 Å². The molecule has 0 radical (unpaired) electrons. The molecule has 1 aliphatic heterocycles. The van der Waals surface area contributed by atoms with Gasteiger partial charge < -0.3 is 9.32 Å². The Morgan fingerprint density at radius 3 is 2.81 bits per heavy atom. The SMILES string of the molecule is CC(=O)N1CCCC(c2nnc(C)o2)C1.P. The van der Waals surface area contributed by atoms with Crippen molar-refractivity contribution in [2.75, 3.05) is 13.1 Å². The molecule has 2 rings (SSSR count). The number of aryl methyl sites for hydroxylation is 1. The third kappa shape index (κ3) is 2.79. The third-order valence-electron chi connectivity index (χ3n) is 2.76. The lowest BCUT2D eigenvalue weighted by molar-refractivity contribution is -0.130. The lowest BCUT2D eigenvalue weighted by Gasteiger charge is -2.30. The summed E-state index contributed by atoms with van der Waals surface area (Å²) in [6, 6.07) is 0. The van der Waals surface area contributed by atoms with Crippen LogP contribution in [0.5, 0.6) is 0 Å². The van der Waals surface area contributed by atoms with E-state index in [1.165, 1.54) is 0 Å². The molecular formula is C10H18N3O2P. The molecule has 1 aromatic rings. The van der Waals surface area contributed by atoms with Crippen molar-refractivity contribution in [1.29, 1.82) is 0 Å². The third-order valence-corrected chi connectivity index (χ3v) is 2.76. The molecular weight excluding hydrogens is 225 g/mol. The summed E-state index contributed by atoms with van der Waals surface area (Å²) in [4.78, 5) is 13.1. The molecule has 1 fully saturated rings. The summed E-state index contributed by atoms with van der Waals surface area (Å²) in [5.41, 5.74) is 0. The van der Waals surface area contributed by atoms with E-state index in [9.17, 15) is 4.79 Å². The van der Waals surface area contributed by atoms with Gasteiger partial charge in [0.25, 0.3) is 0 Å². The Morgan fingerprint density at radius 2 is 2.25 bits per heavy atom. The number of piperidine rings is 1. The van der Waals surface area contributed by atoms with E-state index < -0.39 is 0 Å². The Bertz CT molecular complexity index is 367. The fourth-order valence-corrected chi connectivity index (χ4v) is 1.94. The van der Waals surface area contributed by atoms with E-state index in [0.29, 0.717) is 18.3 Å². The highest BCUT2D eigenvalue weighted by molar-refractivity contribution is 6.92. The van der Waals surface area contributed by atoms with Crippen LogP contribution in [0, 0.1) is 6.92 Å². The molecule has 90 valence electrons. The number of hydrogen-bond acceptors (Lipinski definition) is 4. The van der Waals surface area contributed by atoms with Crippen LogP contribution >= 0.6 is 9.90 Å². The van der Waals surface area contributed by atoms with Crippen molar-refractivity contribution < 1.29 is 9.21 Å². The van der Waals surface area contributed by atoms with E-state index >= 15 is 0 Å². The summed E-state index contributed by atoms with van der Waals surface area (Å²) < 4.78 is 5.39. The topological polar surface area (TPSA) is 59.2 Å². The second-order valence-corrected chi connectivity index (χ2v) is 3.96. The van der Waals surface area contributed by atoms with Gasteiger partial charge in [-0.25, -0.2) is 0 Å². The van der Waals surface area contributed by atoms with Crippen LogP contribution in [0.3, 0.4) is 0 Å². The van der Waals surface area contributed by atoms with Crippen molar-refractivity contribution in [2.24, 2.45) is 0 Å². The Kier molecular flexibility index (Phi) is 4.42. The maximum Gasteiger partial charge on any atom is 0.221 e. The molecule has 2 atom stereocenters. The van der Waals surface area contributed by atoms with Crippen molar-refractivity contribution in [3.8, 4) is 0 Å². The van der Waals surface area contributed by atoms with E-state index in [4.69, 9.17) is 4.42 Å². The highest BCUT2D eigenvalue weighted by Crippen LogP contribution is 2.25. The maximum absolute atomic E-state index is 11.2. The predicted octanol–water partition coefficient (Wildman–Crippen LogP) is 1.16. The van der Waals surface area contributed by atoms with Crippen molar-refractivity contribution in [3.05, 3.63) is 11.8 Å². The molecule has 0 spiro atoms. The van der Waals surface area contributed by atoms with Gasteiger partial charge >= 0.3 is 0 Å². The van der Waals surface area contributed by atoms with Crippen molar-refractivity contribution >= 4 is 15.8 Å². The zero-order valence-corrected chi connectivity index (χ0v) is 11.2. The number of carbonyl (C=O) groups is 1. The molecule has 0 aromatic carbocycles. The first-order valence-electron chi connectivity index (χ1n) is 5.22.